The highest BCUT2D eigenvalue weighted by molar-refractivity contribution is 9.10. The zero-order valence-electron chi connectivity index (χ0n) is 12.1. The highest BCUT2D eigenvalue weighted by Crippen LogP contribution is 2.27. The van der Waals surface area contributed by atoms with Crippen LogP contribution in [0.15, 0.2) is 15.9 Å². The van der Waals surface area contributed by atoms with Crippen LogP contribution in [0.5, 0.6) is 0 Å². The van der Waals surface area contributed by atoms with Crippen molar-refractivity contribution in [1.29, 1.82) is 0 Å². The third-order valence-electron chi connectivity index (χ3n) is 3.36. The van der Waals surface area contributed by atoms with Crippen molar-refractivity contribution >= 4 is 27.3 Å². The molecule has 0 fully saturated rings. The van der Waals surface area contributed by atoms with Gasteiger partial charge in [0.2, 0.25) is 0 Å². The summed E-state index contributed by atoms with van der Waals surface area (Å²) >= 11 is 5.34. The summed E-state index contributed by atoms with van der Waals surface area (Å²) in [5, 5.41) is 5.82. The van der Waals surface area contributed by atoms with Gasteiger partial charge in [-0.15, -0.1) is 11.3 Å². The molecule has 1 unspecified atom stereocenters. The predicted octanol–water partition coefficient (Wildman–Crippen LogP) is 5.77. The summed E-state index contributed by atoms with van der Waals surface area (Å²) in [5.74, 6) is 0. The summed E-state index contributed by atoms with van der Waals surface area (Å²) in [7, 11) is 0. The Bertz CT molecular complexity index is 346. The molecule has 0 saturated heterocycles. The maximum Gasteiger partial charge on any atom is 0.0386 e. The third kappa shape index (κ3) is 5.85. The lowest BCUT2D eigenvalue weighted by molar-refractivity contribution is 0.291. The molecule has 1 aromatic heterocycles. The Morgan fingerprint density at radius 3 is 2.67 bits per heavy atom. The van der Waals surface area contributed by atoms with Gasteiger partial charge < -0.3 is 5.32 Å². The fraction of sp³-hybridized carbons (Fsp3) is 0.733. The van der Waals surface area contributed by atoms with E-state index in [4.69, 9.17) is 0 Å². The molecule has 1 heterocycles. The molecule has 0 spiro atoms. The molecule has 0 aliphatic carbocycles. The van der Waals surface area contributed by atoms with Crippen molar-refractivity contribution in [2.24, 2.45) is 5.41 Å². The fourth-order valence-electron chi connectivity index (χ4n) is 2.03. The van der Waals surface area contributed by atoms with E-state index in [1.54, 1.807) is 0 Å². The van der Waals surface area contributed by atoms with Crippen molar-refractivity contribution in [3.8, 4) is 0 Å². The van der Waals surface area contributed by atoms with Crippen LogP contribution in [-0.4, -0.2) is 6.54 Å². The van der Waals surface area contributed by atoms with Gasteiger partial charge in [0.1, 0.15) is 0 Å². The van der Waals surface area contributed by atoms with Gasteiger partial charge >= 0.3 is 0 Å². The summed E-state index contributed by atoms with van der Waals surface area (Å²) in [6.07, 6.45) is 5.33. The molecule has 104 valence electrons. The maximum atomic E-state index is 3.67. The van der Waals surface area contributed by atoms with E-state index in [9.17, 15) is 0 Å². The van der Waals surface area contributed by atoms with Gasteiger partial charge in [0.05, 0.1) is 0 Å². The zero-order chi connectivity index (χ0) is 13.6. The van der Waals surface area contributed by atoms with E-state index in [-0.39, 0.29) is 0 Å². The lowest BCUT2D eigenvalue weighted by Crippen LogP contribution is -2.31. The van der Waals surface area contributed by atoms with E-state index in [1.807, 2.05) is 11.3 Å². The number of unbranched alkanes of at least 4 members (excludes halogenated alkanes) is 2. The lowest BCUT2D eigenvalue weighted by Gasteiger charge is -2.27. The van der Waals surface area contributed by atoms with Gasteiger partial charge in [-0.3, -0.25) is 0 Å². The van der Waals surface area contributed by atoms with E-state index < -0.39 is 0 Å². The van der Waals surface area contributed by atoms with Crippen LogP contribution in [0.3, 0.4) is 0 Å². The summed E-state index contributed by atoms with van der Waals surface area (Å²) < 4.78 is 1.19. The van der Waals surface area contributed by atoms with Gasteiger partial charge in [-0.25, -0.2) is 0 Å². The van der Waals surface area contributed by atoms with Gasteiger partial charge in [0, 0.05) is 27.3 Å². The van der Waals surface area contributed by atoms with E-state index in [0.29, 0.717) is 11.5 Å². The first-order valence-electron chi connectivity index (χ1n) is 6.92. The number of hydrogen-bond acceptors (Lipinski definition) is 2. The monoisotopic (exact) mass is 331 g/mol. The van der Waals surface area contributed by atoms with Crippen molar-refractivity contribution in [3.05, 3.63) is 20.8 Å². The van der Waals surface area contributed by atoms with Crippen LogP contribution in [0.4, 0.5) is 0 Å². The fourth-order valence-corrected chi connectivity index (χ4v) is 3.50. The first-order chi connectivity index (χ1) is 8.44. The molecule has 18 heavy (non-hydrogen) atoms. The Morgan fingerprint density at radius 2 is 2.11 bits per heavy atom. The minimum Gasteiger partial charge on any atom is -0.309 e. The molecule has 1 aromatic rings. The summed E-state index contributed by atoms with van der Waals surface area (Å²) in [4.78, 5) is 1.41. The Labute approximate surface area is 125 Å². The molecule has 0 bridgehead atoms. The Balaban J connectivity index is 2.34. The number of thiophene rings is 1. The van der Waals surface area contributed by atoms with Gasteiger partial charge in [0.15, 0.2) is 0 Å². The van der Waals surface area contributed by atoms with Gasteiger partial charge in [0.25, 0.3) is 0 Å². The first kappa shape index (κ1) is 16.2. The van der Waals surface area contributed by atoms with Crippen LogP contribution in [0.2, 0.25) is 0 Å². The highest BCUT2D eigenvalue weighted by atomic mass is 79.9. The quantitative estimate of drug-likeness (QED) is 0.596. The van der Waals surface area contributed by atoms with Gasteiger partial charge in [-0.05, 0) is 40.8 Å². The smallest absolute Gasteiger partial charge is 0.0386 e. The SMILES string of the molecule is CCCCCC(C)(C)CNC(C)c1cc(Br)cs1. The minimum absolute atomic E-state index is 0.401. The normalized spacial score (nSPS) is 13.8. The predicted molar refractivity (Wildman–Crippen MR) is 86.4 cm³/mol. The molecule has 0 amide bonds. The summed E-state index contributed by atoms with van der Waals surface area (Å²) in [6, 6.07) is 2.67. The molecule has 1 rings (SSSR count). The van der Waals surface area contributed by atoms with Crippen molar-refractivity contribution in [3.63, 3.8) is 0 Å². The van der Waals surface area contributed by atoms with E-state index in [0.717, 1.165) is 6.54 Å². The molecule has 1 nitrogen and oxygen atoms in total. The molecular weight excluding hydrogens is 306 g/mol. The summed E-state index contributed by atoms with van der Waals surface area (Å²) in [5.41, 5.74) is 0.401. The van der Waals surface area contributed by atoms with E-state index in [1.165, 1.54) is 35.0 Å². The zero-order valence-corrected chi connectivity index (χ0v) is 14.5. The minimum atomic E-state index is 0.401. The standard InChI is InChI=1S/C15H26BrNS/c1-5-6-7-8-15(3,4)11-17-12(2)14-9-13(16)10-18-14/h9-10,12,17H,5-8,11H2,1-4H3. The molecule has 0 aromatic carbocycles. The first-order valence-corrected chi connectivity index (χ1v) is 8.59. The average Bonchev–Trinajstić information content (AvgIpc) is 2.73. The van der Waals surface area contributed by atoms with Crippen LogP contribution in [0.1, 0.15) is 64.3 Å². The number of hydrogen-bond donors (Lipinski definition) is 1. The third-order valence-corrected chi connectivity index (χ3v) is 5.23. The van der Waals surface area contributed by atoms with Crippen molar-refractivity contribution in [2.75, 3.05) is 6.54 Å². The lowest BCUT2D eigenvalue weighted by atomic mass is 9.86. The average molecular weight is 332 g/mol. The Hall–Kier alpha value is 0.140. The van der Waals surface area contributed by atoms with Crippen molar-refractivity contribution in [1.82, 2.24) is 5.32 Å². The van der Waals surface area contributed by atoms with Crippen LogP contribution in [0.25, 0.3) is 0 Å². The van der Waals surface area contributed by atoms with Crippen LogP contribution in [0, 0.1) is 5.41 Å². The molecule has 1 atom stereocenters. The van der Waals surface area contributed by atoms with E-state index >= 15 is 0 Å². The van der Waals surface area contributed by atoms with E-state index in [2.05, 4.69) is 60.4 Å². The van der Waals surface area contributed by atoms with Crippen LogP contribution >= 0.6 is 27.3 Å². The number of halogens is 1. The van der Waals surface area contributed by atoms with Crippen LogP contribution in [-0.2, 0) is 0 Å². The molecule has 0 aliphatic rings. The second-order valence-electron chi connectivity index (χ2n) is 5.89. The topological polar surface area (TPSA) is 12.0 Å². The molecule has 3 heteroatoms. The Morgan fingerprint density at radius 1 is 1.39 bits per heavy atom. The molecular formula is C15H26BrNS. The van der Waals surface area contributed by atoms with Gasteiger partial charge in [-0.1, -0.05) is 40.0 Å². The summed E-state index contributed by atoms with van der Waals surface area (Å²) in [6.45, 7) is 10.3. The van der Waals surface area contributed by atoms with Crippen molar-refractivity contribution < 1.29 is 0 Å². The molecule has 1 N–H and O–H groups in total. The largest absolute Gasteiger partial charge is 0.309 e. The second-order valence-corrected chi connectivity index (χ2v) is 7.75. The number of rotatable bonds is 8. The maximum absolute atomic E-state index is 3.67. The van der Waals surface area contributed by atoms with Crippen LogP contribution < -0.4 is 5.32 Å². The number of nitrogens with one attached hydrogen (secondary N) is 1. The molecule has 0 saturated carbocycles. The second kappa shape index (κ2) is 7.66. The highest BCUT2D eigenvalue weighted by Gasteiger charge is 2.18. The molecule has 0 aliphatic heterocycles. The molecule has 0 radical (unpaired) electrons. The Kier molecular flexibility index (Phi) is 6.89. The van der Waals surface area contributed by atoms with Crippen molar-refractivity contribution in [2.45, 2.75) is 59.4 Å². The van der Waals surface area contributed by atoms with Gasteiger partial charge in [-0.2, -0.15) is 0 Å².